The number of hydrogen-bond acceptors (Lipinski definition) is 4. The lowest BCUT2D eigenvalue weighted by Gasteiger charge is -2.26. The smallest absolute Gasteiger partial charge is 0.260 e. The van der Waals surface area contributed by atoms with E-state index in [9.17, 15) is 4.79 Å². The van der Waals surface area contributed by atoms with Crippen molar-refractivity contribution in [1.82, 2.24) is 10.2 Å². The topological polar surface area (TPSA) is 50.8 Å². The molecule has 0 aromatic heterocycles. The molecule has 1 saturated heterocycles. The SMILES string of the molecule is C[C@H](Oc1cccc2ccccc12)C(=O)NCCCN1CCOCC1. The van der Waals surface area contributed by atoms with Gasteiger partial charge in [-0.3, -0.25) is 9.69 Å². The lowest BCUT2D eigenvalue weighted by atomic mass is 10.1. The molecule has 1 aliphatic heterocycles. The highest BCUT2D eigenvalue weighted by molar-refractivity contribution is 5.89. The highest BCUT2D eigenvalue weighted by Gasteiger charge is 2.16. The molecule has 2 aromatic rings. The number of fused-ring (bicyclic) bond motifs is 1. The molecular weight excluding hydrogens is 316 g/mol. The van der Waals surface area contributed by atoms with Crippen molar-refractivity contribution in [1.29, 1.82) is 0 Å². The van der Waals surface area contributed by atoms with Crippen LogP contribution in [0.2, 0.25) is 0 Å². The van der Waals surface area contributed by atoms with Gasteiger partial charge in [0.05, 0.1) is 13.2 Å². The second-order valence-electron chi connectivity index (χ2n) is 6.34. The largest absolute Gasteiger partial charge is 0.480 e. The zero-order valence-corrected chi connectivity index (χ0v) is 14.7. The average Bonchev–Trinajstić information content (AvgIpc) is 2.66. The molecule has 1 atom stereocenters. The lowest BCUT2D eigenvalue weighted by molar-refractivity contribution is -0.127. The normalized spacial score (nSPS) is 16.5. The molecule has 0 saturated carbocycles. The highest BCUT2D eigenvalue weighted by Crippen LogP contribution is 2.25. The zero-order chi connectivity index (χ0) is 17.5. The van der Waals surface area contributed by atoms with Crippen molar-refractivity contribution >= 4 is 16.7 Å². The third-order valence-electron chi connectivity index (χ3n) is 4.48. The van der Waals surface area contributed by atoms with E-state index < -0.39 is 6.10 Å². The number of nitrogens with one attached hydrogen (secondary N) is 1. The van der Waals surface area contributed by atoms with Gasteiger partial charge in [0.2, 0.25) is 0 Å². The maximum absolute atomic E-state index is 12.3. The van der Waals surface area contributed by atoms with Gasteiger partial charge in [0, 0.05) is 25.0 Å². The van der Waals surface area contributed by atoms with Crippen molar-refractivity contribution in [3.8, 4) is 5.75 Å². The summed E-state index contributed by atoms with van der Waals surface area (Å²) in [6, 6.07) is 13.9. The Balaban J connectivity index is 1.45. The van der Waals surface area contributed by atoms with E-state index in [-0.39, 0.29) is 5.91 Å². The Morgan fingerprint density at radius 2 is 1.96 bits per heavy atom. The van der Waals surface area contributed by atoms with Crippen LogP contribution in [-0.2, 0) is 9.53 Å². The molecule has 3 rings (SSSR count). The van der Waals surface area contributed by atoms with Crippen LogP contribution in [0.5, 0.6) is 5.75 Å². The fraction of sp³-hybridized carbons (Fsp3) is 0.450. The molecule has 0 aliphatic carbocycles. The average molecular weight is 342 g/mol. The summed E-state index contributed by atoms with van der Waals surface area (Å²) in [4.78, 5) is 14.6. The summed E-state index contributed by atoms with van der Waals surface area (Å²) in [6.45, 7) is 7.02. The number of nitrogens with zero attached hydrogens (tertiary/aromatic N) is 1. The van der Waals surface area contributed by atoms with Crippen LogP contribution in [0.25, 0.3) is 10.8 Å². The van der Waals surface area contributed by atoms with Gasteiger partial charge in [-0.2, -0.15) is 0 Å². The number of benzene rings is 2. The Hall–Kier alpha value is -2.11. The number of morpholine rings is 1. The Morgan fingerprint density at radius 3 is 2.80 bits per heavy atom. The molecule has 0 bridgehead atoms. The minimum absolute atomic E-state index is 0.0742. The fourth-order valence-electron chi connectivity index (χ4n) is 3.03. The molecule has 25 heavy (non-hydrogen) atoms. The number of carbonyl (C=O) groups excluding carboxylic acids is 1. The molecular formula is C20H26N2O3. The standard InChI is InChI=1S/C20H26N2O3/c1-16(20(23)21-10-5-11-22-12-14-24-15-13-22)25-19-9-4-7-17-6-2-3-8-18(17)19/h2-4,6-9,16H,5,10-15H2,1H3,(H,21,23)/t16-/m0/s1. The van der Waals surface area contributed by atoms with E-state index >= 15 is 0 Å². The highest BCUT2D eigenvalue weighted by atomic mass is 16.5. The Bertz CT molecular complexity index is 693. The van der Waals surface area contributed by atoms with Crippen molar-refractivity contribution in [2.24, 2.45) is 0 Å². The van der Waals surface area contributed by atoms with E-state index in [1.165, 1.54) is 0 Å². The monoisotopic (exact) mass is 342 g/mol. The predicted molar refractivity (Wildman–Crippen MR) is 98.9 cm³/mol. The van der Waals surface area contributed by atoms with Crippen molar-refractivity contribution in [3.63, 3.8) is 0 Å². The van der Waals surface area contributed by atoms with Gasteiger partial charge >= 0.3 is 0 Å². The van der Waals surface area contributed by atoms with Crippen molar-refractivity contribution in [2.75, 3.05) is 39.4 Å². The Kier molecular flexibility index (Phi) is 6.25. The number of amides is 1. The van der Waals surface area contributed by atoms with Crippen LogP contribution >= 0.6 is 0 Å². The van der Waals surface area contributed by atoms with Gasteiger partial charge in [-0.15, -0.1) is 0 Å². The van der Waals surface area contributed by atoms with Gasteiger partial charge in [0.1, 0.15) is 5.75 Å². The number of rotatable bonds is 7. The first-order valence-electron chi connectivity index (χ1n) is 8.96. The number of ether oxygens (including phenoxy) is 2. The molecule has 0 spiro atoms. The number of carbonyl (C=O) groups is 1. The second-order valence-corrected chi connectivity index (χ2v) is 6.34. The van der Waals surface area contributed by atoms with Crippen molar-refractivity contribution < 1.29 is 14.3 Å². The van der Waals surface area contributed by atoms with E-state index in [4.69, 9.17) is 9.47 Å². The molecule has 134 valence electrons. The first-order valence-corrected chi connectivity index (χ1v) is 8.96. The summed E-state index contributed by atoms with van der Waals surface area (Å²) in [5.74, 6) is 0.670. The molecule has 5 heteroatoms. The first-order chi connectivity index (χ1) is 12.2. The molecule has 0 unspecified atom stereocenters. The van der Waals surface area contributed by atoms with E-state index in [1.54, 1.807) is 6.92 Å². The zero-order valence-electron chi connectivity index (χ0n) is 14.7. The first kappa shape index (κ1) is 17.7. The van der Waals surface area contributed by atoms with Gasteiger partial charge in [-0.1, -0.05) is 36.4 Å². The lowest BCUT2D eigenvalue weighted by Crippen LogP contribution is -2.40. The van der Waals surface area contributed by atoms with Crippen molar-refractivity contribution in [3.05, 3.63) is 42.5 Å². The number of hydrogen-bond donors (Lipinski definition) is 1. The van der Waals surface area contributed by atoms with Crippen LogP contribution in [0, 0.1) is 0 Å². The van der Waals surface area contributed by atoms with E-state index in [0.29, 0.717) is 6.54 Å². The quantitative estimate of drug-likeness (QED) is 0.785. The Morgan fingerprint density at radius 1 is 1.20 bits per heavy atom. The summed E-state index contributed by atoms with van der Waals surface area (Å²) in [7, 11) is 0. The van der Waals surface area contributed by atoms with Crippen LogP contribution in [0.1, 0.15) is 13.3 Å². The predicted octanol–water partition coefficient (Wildman–Crippen LogP) is 2.45. The third kappa shape index (κ3) is 4.94. The summed E-state index contributed by atoms with van der Waals surface area (Å²) in [5, 5.41) is 5.10. The molecule has 1 amide bonds. The Labute approximate surface area is 148 Å². The van der Waals surface area contributed by atoms with Gasteiger partial charge in [0.15, 0.2) is 6.10 Å². The minimum Gasteiger partial charge on any atom is -0.480 e. The molecule has 1 fully saturated rings. The van der Waals surface area contributed by atoms with E-state index in [2.05, 4.69) is 10.2 Å². The molecule has 2 aromatic carbocycles. The van der Waals surface area contributed by atoms with Crippen LogP contribution in [0.3, 0.4) is 0 Å². The maximum atomic E-state index is 12.3. The van der Waals surface area contributed by atoms with Gasteiger partial charge in [-0.25, -0.2) is 0 Å². The molecule has 1 N–H and O–H groups in total. The van der Waals surface area contributed by atoms with Crippen LogP contribution in [0.4, 0.5) is 0 Å². The van der Waals surface area contributed by atoms with Crippen LogP contribution < -0.4 is 10.1 Å². The van der Waals surface area contributed by atoms with Gasteiger partial charge < -0.3 is 14.8 Å². The molecule has 0 radical (unpaired) electrons. The van der Waals surface area contributed by atoms with Crippen LogP contribution in [0.15, 0.2) is 42.5 Å². The van der Waals surface area contributed by atoms with E-state index in [0.717, 1.165) is 55.8 Å². The van der Waals surface area contributed by atoms with Gasteiger partial charge in [-0.05, 0) is 31.3 Å². The summed E-state index contributed by atoms with van der Waals surface area (Å²) in [5.41, 5.74) is 0. The molecule has 1 heterocycles. The maximum Gasteiger partial charge on any atom is 0.260 e. The third-order valence-corrected chi connectivity index (χ3v) is 4.48. The van der Waals surface area contributed by atoms with Gasteiger partial charge in [0.25, 0.3) is 5.91 Å². The molecule has 1 aliphatic rings. The van der Waals surface area contributed by atoms with E-state index in [1.807, 2.05) is 42.5 Å². The molecule has 5 nitrogen and oxygen atoms in total. The van der Waals surface area contributed by atoms with Crippen LogP contribution in [-0.4, -0.2) is 56.3 Å². The fourth-order valence-corrected chi connectivity index (χ4v) is 3.03. The second kappa shape index (κ2) is 8.83. The summed E-state index contributed by atoms with van der Waals surface area (Å²) >= 11 is 0. The summed E-state index contributed by atoms with van der Waals surface area (Å²) in [6.07, 6.45) is 0.418. The summed E-state index contributed by atoms with van der Waals surface area (Å²) < 4.78 is 11.2. The van der Waals surface area contributed by atoms with Crippen molar-refractivity contribution in [2.45, 2.75) is 19.4 Å². The minimum atomic E-state index is -0.519.